The van der Waals surface area contributed by atoms with Gasteiger partial charge in [-0.1, -0.05) is 0 Å². The molecule has 0 aliphatic rings. The Bertz CT molecular complexity index is 227. The van der Waals surface area contributed by atoms with Gasteiger partial charge in [0.1, 0.15) is 11.2 Å². The first-order valence-corrected chi connectivity index (χ1v) is 3.52. The molecule has 68 valence electrons. The number of hydrogen-bond donors (Lipinski definition) is 0. The fourth-order valence-electron chi connectivity index (χ4n) is 0.402. The monoisotopic (exact) mass is 172 g/mol. The highest BCUT2D eigenvalue weighted by atomic mass is 16.6. The van der Waals surface area contributed by atoms with Crippen LogP contribution in [0.4, 0.5) is 0 Å². The van der Waals surface area contributed by atoms with Crippen molar-refractivity contribution in [2.24, 2.45) is 5.41 Å². The number of hydrogen-bond acceptors (Lipinski definition) is 4. The molecule has 0 heterocycles. The number of carbonyl (C=O) groups is 3. The molecule has 0 atom stereocenters. The Balaban J connectivity index is 4.47. The van der Waals surface area contributed by atoms with Gasteiger partial charge in [-0.25, -0.2) is 0 Å². The maximum absolute atomic E-state index is 11.1. The van der Waals surface area contributed by atoms with Crippen molar-refractivity contribution in [2.45, 2.75) is 27.7 Å². The Morgan fingerprint density at radius 2 is 1.50 bits per heavy atom. The molecule has 0 spiro atoms. The van der Waals surface area contributed by atoms with Crippen LogP contribution in [0, 0.1) is 5.41 Å². The second kappa shape index (κ2) is 3.47. The molecule has 4 heteroatoms. The Labute approximate surface area is 70.9 Å². The molecule has 0 radical (unpaired) electrons. The normalized spacial score (nSPS) is 10.7. The molecule has 0 aromatic carbocycles. The molecular weight excluding hydrogens is 160 g/mol. The summed E-state index contributed by atoms with van der Waals surface area (Å²) in [6, 6.07) is 0. The molecular formula is C8H12O4. The summed E-state index contributed by atoms with van der Waals surface area (Å²) in [7, 11) is 0. The van der Waals surface area contributed by atoms with Gasteiger partial charge in [0, 0.05) is 6.92 Å². The average molecular weight is 172 g/mol. The van der Waals surface area contributed by atoms with Crippen LogP contribution in [-0.2, 0) is 19.1 Å². The lowest BCUT2D eigenvalue weighted by molar-refractivity contribution is -0.166. The first-order valence-electron chi connectivity index (χ1n) is 3.52. The maximum atomic E-state index is 11.1. The molecule has 4 nitrogen and oxygen atoms in total. The minimum atomic E-state index is -1.23. The van der Waals surface area contributed by atoms with Crippen LogP contribution >= 0.6 is 0 Å². The average Bonchev–Trinajstić information content (AvgIpc) is 1.85. The van der Waals surface area contributed by atoms with Crippen LogP contribution in [0.25, 0.3) is 0 Å². The minimum absolute atomic E-state index is 0.325. The lowest BCUT2D eigenvalue weighted by Crippen LogP contribution is -2.34. The molecule has 0 saturated heterocycles. The molecule has 0 aromatic rings. The molecule has 0 saturated carbocycles. The van der Waals surface area contributed by atoms with Crippen molar-refractivity contribution < 1.29 is 19.1 Å². The Hall–Kier alpha value is -1.19. The second-order valence-electron chi connectivity index (χ2n) is 3.06. The van der Waals surface area contributed by atoms with Crippen molar-refractivity contribution in [3.05, 3.63) is 0 Å². The number of carbonyl (C=O) groups excluding carboxylic acids is 3. The van der Waals surface area contributed by atoms with Crippen molar-refractivity contribution in [1.82, 2.24) is 0 Å². The van der Waals surface area contributed by atoms with Crippen LogP contribution in [0.2, 0.25) is 0 Å². The predicted molar refractivity (Wildman–Crippen MR) is 41.2 cm³/mol. The zero-order valence-electron chi connectivity index (χ0n) is 7.63. The number of esters is 2. The quantitative estimate of drug-likeness (QED) is 0.454. The van der Waals surface area contributed by atoms with E-state index in [4.69, 9.17) is 0 Å². The molecule has 12 heavy (non-hydrogen) atoms. The van der Waals surface area contributed by atoms with Crippen molar-refractivity contribution >= 4 is 17.7 Å². The highest BCUT2D eigenvalue weighted by Crippen LogP contribution is 2.18. The molecule has 0 bridgehead atoms. The van der Waals surface area contributed by atoms with E-state index < -0.39 is 17.4 Å². The van der Waals surface area contributed by atoms with Gasteiger partial charge in [0.05, 0.1) is 0 Å². The van der Waals surface area contributed by atoms with Crippen molar-refractivity contribution in [1.29, 1.82) is 0 Å². The van der Waals surface area contributed by atoms with Gasteiger partial charge in [-0.2, -0.15) is 0 Å². The largest absolute Gasteiger partial charge is 0.393 e. The standard InChI is InChI=1S/C8H12O4/c1-5(9)8(3,4)7(11)12-6(2)10/h1-4H3. The van der Waals surface area contributed by atoms with E-state index in [2.05, 4.69) is 4.74 Å². The molecule has 0 aromatic heterocycles. The zero-order valence-corrected chi connectivity index (χ0v) is 7.63. The van der Waals surface area contributed by atoms with E-state index in [-0.39, 0.29) is 5.78 Å². The van der Waals surface area contributed by atoms with Gasteiger partial charge in [0.2, 0.25) is 0 Å². The number of ether oxygens (including phenoxy) is 1. The van der Waals surface area contributed by atoms with Crippen LogP contribution in [0.1, 0.15) is 27.7 Å². The van der Waals surface area contributed by atoms with E-state index in [1.165, 1.54) is 20.8 Å². The van der Waals surface area contributed by atoms with E-state index in [9.17, 15) is 14.4 Å². The number of ketones is 1. The topological polar surface area (TPSA) is 60.4 Å². The molecule has 0 amide bonds. The van der Waals surface area contributed by atoms with E-state index in [1.54, 1.807) is 0 Å². The molecule has 0 N–H and O–H groups in total. The fraction of sp³-hybridized carbons (Fsp3) is 0.625. The van der Waals surface area contributed by atoms with E-state index in [0.29, 0.717) is 0 Å². The van der Waals surface area contributed by atoms with Crippen molar-refractivity contribution in [2.75, 3.05) is 0 Å². The minimum Gasteiger partial charge on any atom is -0.393 e. The summed E-state index contributed by atoms with van der Waals surface area (Å²) in [6.45, 7) is 5.23. The second-order valence-corrected chi connectivity index (χ2v) is 3.06. The molecule has 0 unspecified atom stereocenters. The van der Waals surface area contributed by atoms with Crippen molar-refractivity contribution in [3.8, 4) is 0 Å². The van der Waals surface area contributed by atoms with Gasteiger partial charge in [0.25, 0.3) is 0 Å². The lowest BCUT2D eigenvalue weighted by Gasteiger charge is -2.16. The highest BCUT2D eigenvalue weighted by molar-refractivity contribution is 6.04. The van der Waals surface area contributed by atoms with Gasteiger partial charge in [-0.3, -0.25) is 14.4 Å². The van der Waals surface area contributed by atoms with Gasteiger partial charge in [0.15, 0.2) is 0 Å². The highest BCUT2D eigenvalue weighted by Gasteiger charge is 2.35. The van der Waals surface area contributed by atoms with Gasteiger partial charge in [-0.05, 0) is 20.8 Å². The summed E-state index contributed by atoms with van der Waals surface area (Å²) in [5, 5.41) is 0. The fourth-order valence-corrected chi connectivity index (χ4v) is 0.402. The lowest BCUT2D eigenvalue weighted by atomic mass is 9.89. The summed E-state index contributed by atoms with van der Waals surface area (Å²) in [5.41, 5.74) is -1.23. The van der Waals surface area contributed by atoms with Gasteiger partial charge < -0.3 is 4.74 Å². The summed E-state index contributed by atoms with van der Waals surface area (Å²) >= 11 is 0. The van der Waals surface area contributed by atoms with Gasteiger partial charge >= 0.3 is 11.9 Å². The summed E-state index contributed by atoms with van der Waals surface area (Å²) < 4.78 is 4.28. The SMILES string of the molecule is CC(=O)OC(=O)C(C)(C)C(C)=O. The first-order chi connectivity index (χ1) is 5.28. The molecule has 0 aliphatic carbocycles. The third kappa shape index (κ3) is 2.45. The van der Waals surface area contributed by atoms with Crippen LogP contribution < -0.4 is 0 Å². The molecule has 0 aliphatic heterocycles. The number of Topliss-reactive ketones (excluding diaryl/α,β-unsaturated/α-hetero) is 1. The van der Waals surface area contributed by atoms with Crippen LogP contribution in [0.15, 0.2) is 0 Å². The summed E-state index contributed by atoms with van der Waals surface area (Å²) in [5.74, 6) is -1.83. The van der Waals surface area contributed by atoms with Crippen LogP contribution in [0.5, 0.6) is 0 Å². The van der Waals surface area contributed by atoms with E-state index in [0.717, 1.165) is 6.92 Å². The first kappa shape index (κ1) is 10.8. The Morgan fingerprint density at radius 3 is 1.75 bits per heavy atom. The zero-order chi connectivity index (χ0) is 9.94. The van der Waals surface area contributed by atoms with Crippen LogP contribution in [-0.4, -0.2) is 17.7 Å². The Morgan fingerprint density at radius 1 is 1.08 bits per heavy atom. The third-order valence-corrected chi connectivity index (χ3v) is 1.63. The number of rotatable bonds is 2. The van der Waals surface area contributed by atoms with E-state index in [1.807, 2.05) is 0 Å². The Kier molecular flexibility index (Phi) is 3.13. The van der Waals surface area contributed by atoms with E-state index >= 15 is 0 Å². The summed E-state index contributed by atoms with van der Waals surface area (Å²) in [6.07, 6.45) is 0. The van der Waals surface area contributed by atoms with Crippen molar-refractivity contribution in [3.63, 3.8) is 0 Å². The molecule has 0 fully saturated rings. The summed E-state index contributed by atoms with van der Waals surface area (Å²) in [4.78, 5) is 32.3. The molecule has 0 rings (SSSR count). The third-order valence-electron chi connectivity index (χ3n) is 1.63. The van der Waals surface area contributed by atoms with Crippen LogP contribution in [0.3, 0.4) is 0 Å². The maximum Gasteiger partial charge on any atom is 0.326 e. The predicted octanol–water partition coefficient (Wildman–Crippen LogP) is 0.691. The van der Waals surface area contributed by atoms with Gasteiger partial charge in [-0.15, -0.1) is 0 Å². The smallest absolute Gasteiger partial charge is 0.326 e.